The highest BCUT2D eigenvalue weighted by Gasteiger charge is 2.13. The number of anilines is 1. The topological polar surface area (TPSA) is 71.4 Å². The lowest BCUT2D eigenvalue weighted by molar-refractivity contribution is 0.895. The number of aromatic nitrogens is 5. The van der Waals surface area contributed by atoms with Crippen molar-refractivity contribution in [1.29, 1.82) is 0 Å². The number of para-hydroxylation sites is 1. The maximum absolute atomic E-state index is 6.34. The highest BCUT2D eigenvalue weighted by atomic mass is 35.5. The van der Waals surface area contributed by atoms with Crippen molar-refractivity contribution in [3.8, 4) is 5.69 Å². The number of aromatic amines is 1. The minimum atomic E-state index is 0.509. The second kappa shape index (κ2) is 7.39. The molecule has 5 rings (SSSR count). The number of benzene rings is 2. The Kier molecular flexibility index (Phi) is 4.58. The molecule has 0 aliphatic rings. The van der Waals surface area contributed by atoms with E-state index in [0.29, 0.717) is 15.7 Å². The average Bonchev–Trinajstić information content (AvgIpc) is 3.33. The maximum atomic E-state index is 6.34. The van der Waals surface area contributed by atoms with Crippen molar-refractivity contribution < 1.29 is 0 Å². The minimum absolute atomic E-state index is 0.509. The van der Waals surface area contributed by atoms with E-state index in [1.54, 1.807) is 23.0 Å². The fourth-order valence-corrected chi connectivity index (χ4v) is 3.96. The van der Waals surface area contributed by atoms with Crippen molar-refractivity contribution >= 4 is 51.0 Å². The minimum Gasteiger partial charge on any atom is -0.369 e. The van der Waals surface area contributed by atoms with Crippen LogP contribution in [-0.2, 0) is 6.42 Å². The Morgan fingerprint density at radius 2 is 1.93 bits per heavy atom. The van der Waals surface area contributed by atoms with E-state index in [1.165, 1.54) is 17.3 Å². The molecule has 2 N–H and O–H groups in total. The van der Waals surface area contributed by atoms with Crippen LogP contribution in [0.5, 0.6) is 0 Å². The van der Waals surface area contributed by atoms with Crippen LogP contribution in [-0.4, -0.2) is 31.3 Å². The summed E-state index contributed by atoms with van der Waals surface area (Å²) in [6.45, 7) is 0.737. The zero-order valence-electron chi connectivity index (χ0n) is 15.2. The molecular weight excluding hydrogens is 407 g/mol. The number of hydrogen-bond donors (Lipinski definition) is 2. The molecule has 0 spiro atoms. The van der Waals surface area contributed by atoms with Gasteiger partial charge >= 0.3 is 0 Å². The second-order valence-corrected chi connectivity index (χ2v) is 7.49. The van der Waals surface area contributed by atoms with E-state index < -0.39 is 0 Å². The van der Waals surface area contributed by atoms with E-state index in [-0.39, 0.29) is 0 Å². The molecule has 0 atom stereocenters. The van der Waals surface area contributed by atoms with Gasteiger partial charge in [-0.15, -0.1) is 0 Å². The second-order valence-electron chi connectivity index (χ2n) is 6.65. The summed E-state index contributed by atoms with van der Waals surface area (Å²) in [5.74, 6) is 0.742. The molecule has 5 aromatic rings. The summed E-state index contributed by atoms with van der Waals surface area (Å²) < 4.78 is 1.69. The molecule has 0 amide bonds. The molecule has 0 saturated carbocycles. The summed E-state index contributed by atoms with van der Waals surface area (Å²) in [5.41, 5.74) is 3.81. The summed E-state index contributed by atoms with van der Waals surface area (Å²) >= 11 is 12.3. The summed E-state index contributed by atoms with van der Waals surface area (Å²) in [4.78, 5) is 12.1. The molecule has 6 nitrogen and oxygen atoms in total. The third-order valence-electron chi connectivity index (χ3n) is 4.87. The third kappa shape index (κ3) is 3.30. The van der Waals surface area contributed by atoms with Gasteiger partial charge in [0.2, 0.25) is 0 Å². The van der Waals surface area contributed by atoms with Gasteiger partial charge in [0.05, 0.1) is 22.3 Å². The molecule has 0 unspecified atom stereocenters. The lowest BCUT2D eigenvalue weighted by atomic mass is 10.1. The molecule has 3 aromatic heterocycles. The van der Waals surface area contributed by atoms with E-state index in [0.717, 1.165) is 35.4 Å². The normalized spacial score (nSPS) is 11.4. The van der Waals surface area contributed by atoms with Crippen LogP contribution >= 0.6 is 23.2 Å². The fraction of sp³-hybridized carbons (Fsp3) is 0.0952. The molecule has 0 radical (unpaired) electrons. The van der Waals surface area contributed by atoms with Crippen molar-refractivity contribution in [2.24, 2.45) is 0 Å². The Hall–Kier alpha value is -3.09. The Labute approximate surface area is 176 Å². The first kappa shape index (κ1) is 18.0. The van der Waals surface area contributed by atoms with Crippen LogP contribution in [0, 0.1) is 0 Å². The summed E-state index contributed by atoms with van der Waals surface area (Å²) in [5, 5.41) is 11.0. The molecule has 3 heterocycles. The fourth-order valence-electron chi connectivity index (χ4n) is 3.47. The zero-order valence-corrected chi connectivity index (χ0v) is 16.7. The first-order chi connectivity index (χ1) is 14.2. The molecule has 0 saturated heterocycles. The Morgan fingerprint density at radius 3 is 2.83 bits per heavy atom. The molecule has 144 valence electrons. The van der Waals surface area contributed by atoms with Gasteiger partial charge in [-0.1, -0.05) is 41.4 Å². The van der Waals surface area contributed by atoms with Crippen LogP contribution in [0.25, 0.3) is 27.6 Å². The first-order valence-corrected chi connectivity index (χ1v) is 9.89. The zero-order chi connectivity index (χ0) is 19.8. The van der Waals surface area contributed by atoms with E-state index >= 15 is 0 Å². The number of H-pyrrole nitrogens is 1. The molecule has 0 bridgehead atoms. The van der Waals surface area contributed by atoms with E-state index in [1.807, 2.05) is 12.1 Å². The van der Waals surface area contributed by atoms with E-state index in [4.69, 9.17) is 23.2 Å². The predicted molar refractivity (Wildman–Crippen MR) is 117 cm³/mol. The summed E-state index contributed by atoms with van der Waals surface area (Å²) in [6, 6.07) is 13.6. The van der Waals surface area contributed by atoms with E-state index in [2.05, 4.69) is 49.8 Å². The average molecular weight is 423 g/mol. The van der Waals surface area contributed by atoms with Crippen molar-refractivity contribution in [1.82, 2.24) is 24.7 Å². The van der Waals surface area contributed by atoms with Crippen LogP contribution in [0.1, 0.15) is 5.56 Å². The highest BCUT2D eigenvalue weighted by Crippen LogP contribution is 2.28. The van der Waals surface area contributed by atoms with Crippen molar-refractivity contribution in [2.75, 3.05) is 11.9 Å². The number of hydrogen-bond acceptors (Lipinski definition) is 4. The molecule has 2 aromatic carbocycles. The van der Waals surface area contributed by atoms with Gasteiger partial charge in [-0.05, 0) is 36.2 Å². The highest BCUT2D eigenvalue weighted by molar-refractivity contribution is 6.35. The largest absolute Gasteiger partial charge is 0.369 e. The van der Waals surface area contributed by atoms with Gasteiger partial charge in [-0.25, -0.2) is 14.6 Å². The lowest BCUT2D eigenvalue weighted by Gasteiger charge is -2.08. The number of nitrogens with one attached hydrogen (secondary N) is 2. The van der Waals surface area contributed by atoms with Crippen LogP contribution in [0.4, 0.5) is 5.82 Å². The smallest absolute Gasteiger partial charge is 0.168 e. The monoisotopic (exact) mass is 422 g/mol. The molecule has 8 heteroatoms. The summed E-state index contributed by atoms with van der Waals surface area (Å²) in [7, 11) is 0. The van der Waals surface area contributed by atoms with Gasteiger partial charge in [0.15, 0.2) is 5.65 Å². The molecular formula is C21H16Cl2N6. The Bertz CT molecular complexity index is 1320. The Balaban J connectivity index is 1.40. The van der Waals surface area contributed by atoms with Gasteiger partial charge in [-0.2, -0.15) is 5.10 Å². The SMILES string of the molecule is Clc1ccc(-n2ncc3c(NCCc4c[nH]c5ccccc45)ncnc32)c(Cl)c1. The molecule has 0 aliphatic heterocycles. The number of halogens is 2. The number of rotatable bonds is 5. The summed E-state index contributed by atoms with van der Waals surface area (Å²) in [6.07, 6.45) is 6.20. The lowest BCUT2D eigenvalue weighted by Crippen LogP contribution is -2.07. The van der Waals surface area contributed by atoms with Gasteiger partial charge in [0, 0.05) is 28.7 Å². The van der Waals surface area contributed by atoms with Crippen LogP contribution in [0.15, 0.2) is 61.2 Å². The van der Waals surface area contributed by atoms with E-state index in [9.17, 15) is 0 Å². The Morgan fingerprint density at radius 1 is 1.03 bits per heavy atom. The van der Waals surface area contributed by atoms with Crippen molar-refractivity contribution in [3.05, 3.63) is 76.8 Å². The van der Waals surface area contributed by atoms with Crippen molar-refractivity contribution in [2.45, 2.75) is 6.42 Å². The van der Waals surface area contributed by atoms with Crippen LogP contribution in [0.2, 0.25) is 10.0 Å². The molecule has 0 fully saturated rings. The van der Waals surface area contributed by atoms with Crippen molar-refractivity contribution in [3.63, 3.8) is 0 Å². The standard InChI is InChI=1S/C21H16Cl2N6/c22-14-5-6-19(17(23)9-14)29-21-16(11-28-29)20(26-12-27-21)24-8-7-13-10-25-18-4-2-1-3-15(13)18/h1-6,9-12,25H,7-8H2,(H,24,26,27). The van der Waals surface area contributed by atoms with Gasteiger partial charge in [-0.3, -0.25) is 0 Å². The number of fused-ring (bicyclic) bond motifs is 2. The molecule has 0 aliphatic carbocycles. The van der Waals surface area contributed by atoms with Gasteiger partial charge in [0.1, 0.15) is 12.1 Å². The number of nitrogens with zero attached hydrogens (tertiary/aromatic N) is 4. The van der Waals surface area contributed by atoms with Crippen LogP contribution in [0.3, 0.4) is 0 Å². The van der Waals surface area contributed by atoms with Crippen LogP contribution < -0.4 is 5.32 Å². The molecule has 29 heavy (non-hydrogen) atoms. The van der Waals surface area contributed by atoms with Gasteiger partial charge in [0.25, 0.3) is 0 Å². The van der Waals surface area contributed by atoms with Gasteiger partial charge < -0.3 is 10.3 Å². The third-order valence-corrected chi connectivity index (χ3v) is 5.40. The first-order valence-electron chi connectivity index (χ1n) is 9.14. The maximum Gasteiger partial charge on any atom is 0.168 e. The predicted octanol–water partition coefficient (Wildman–Crippen LogP) is 5.26. The quantitative estimate of drug-likeness (QED) is 0.405.